The van der Waals surface area contributed by atoms with Crippen molar-refractivity contribution in [3.63, 3.8) is 0 Å². The number of nitrogens with two attached hydrogens (primary N) is 1. The highest BCUT2D eigenvalue weighted by molar-refractivity contribution is 5.14. The fourth-order valence-electron chi connectivity index (χ4n) is 2.65. The molecule has 5 heteroatoms. The molecule has 1 aromatic heterocycles. The van der Waals surface area contributed by atoms with Crippen molar-refractivity contribution in [1.29, 1.82) is 0 Å². The van der Waals surface area contributed by atoms with E-state index in [1.54, 1.807) is 0 Å². The van der Waals surface area contributed by atoms with Crippen LogP contribution in [0.5, 0.6) is 0 Å². The van der Waals surface area contributed by atoms with E-state index >= 15 is 0 Å². The monoisotopic (exact) mass is 252 g/mol. The molecule has 0 radical (unpaired) electrons. The van der Waals surface area contributed by atoms with Crippen LogP contribution in [0.25, 0.3) is 0 Å². The molecule has 18 heavy (non-hydrogen) atoms. The number of morpholine rings is 1. The van der Waals surface area contributed by atoms with Gasteiger partial charge < -0.3 is 10.5 Å². The summed E-state index contributed by atoms with van der Waals surface area (Å²) >= 11 is 0. The van der Waals surface area contributed by atoms with Gasteiger partial charge in [0, 0.05) is 37.4 Å². The molecule has 102 valence electrons. The molecule has 0 aliphatic carbocycles. The molecule has 2 N–H and O–H groups in total. The fourth-order valence-corrected chi connectivity index (χ4v) is 2.65. The summed E-state index contributed by atoms with van der Waals surface area (Å²) < 4.78 is 7.36. The van der Waals surface area contributed by atoms with E-state index in [4.69, 9.17) is 10.5 Å². The maximum Gasteiger partial charge on any atom is 0.0620 e. The van der Waals surface area contributed by atoms with Gasteiger partial charge in [-0.2, -0.15) is 5.10 Å². The van der Waals surface area contributed by atoms with Crippen molar-refractivity contribution in [2.24, 2.45) is 12.8 Å². The SMILES string of the molecule is CCC(N)C(c1cnn(C)c1)N1CCOCC1C. The third kappa shape index (κ3) is 2.74. The predicted molar refractivity (Wildman–Crippen MR) is 71.2 cm³/mol. The van der Waals surface area contributed by atoms with Gasteiger partial charge in [-0.25, -0.2) is 0 Å². The Morgan fingerprint density at radius 2 is 2.39 bits per heavy atom. The first-order valence-corrected chi connectivity index (χ1v) is 6.71. The van der Waals surface area contributed by atoms with Gasteiger partial charge in [-0.15, -0.1) is 0 Å². The van der Waals surface area contributed by atoms with E-state index in [0.29, 0.717) is 6.04 Å². The van der Waals surface area contributed by atoms with E-state index in [2.05, 4.69) is 30.0 Å². The highest BCUT2D eigenvalue weighted by Gasteiger charge is 2.31. The molecular formula is C13H24N4O. The average Bonchev–Trinajstić information content (AvgIpc) is 2.78. The largest absolute Gasteiger partial charge is 0.379 e. The normalized spacial score (nSPS) is 25.0. The zero-order valence-corrected chi connectivity index (χ0v) is 11.5. The van der Waals surface area contributed by atoms with Gasteiger partial charge in [0.1, 0.15) is 0 Å². The predicted octanol–water partition coefficient (Wildman–Crippen LogP) is 0.919. The summed E-state index contributed by atoms with van der Waals surface area (Å²) in [5.41, 5.74) is 7.54. The number of aryl methyl sites for hydroxylation is 1. The molecule has 5 nitrogen and oxygen atoms in total. The number of aromatic nitrogens is 2. The van der Waals surface area contributed by atoms with Gasteiger partial charge >= 0.3 is 0 Å². The Bertz CT molecular complexity index is 379. The van der Waals surface area contributed by atoms with Crippen LogP contribution in [0, 0.1) is 0 Å². The van der Waals surface area contributed by atoms with Gasteiger partial charge in [0.15, 0.2) is 0 Å². The quantitative estimate of drug-likeness (QED) is 0.865. The minimum absolute atomic E-state index is 0.134. The molecule has 1 aliphatic heterocycles. The standard InChI is InChI=1S/C13H24N4O/c1-4-12(14)13(11-7-15-16(3)8-11)17-5-6-18-9-10(17)2/h7-8,10,12-13H,4-6,9,14H2,1-3H3. The van der Waals surface area contributed by atoms with Gasteiger partial charge in [0.05, 0.1) is 25.5 Å². The van der Waals surface area contributed by atoms with Crippen molar-refractivity contribution in [1.82, 2.24) is 14.7 Å². The number of nitrogens with zero attached hydrogens (tertiary/aromatic N) is 3. The molecule has 0 spiro atoms. The van der Waals surface area contributed by atoms with Crippen molar-refractivity contribution >= 4 is 0 Å². The molecule has 1 saturated heterocycles. The molecule has 1 aromatic rings. The minimum Gasteiger partial charge on any atom is -0.379 e. The Morgan fingerprint density at radius 3 is 2.94 bits per heavy atom. The second-order valence-electron chi connectivity index (χ2n) is 5.13. The fraction of sp³-hybridized carbons (Fsp3) is 0.769. The maximum atomic E-state index is 6.33. The number of hydrogen-bond acceptors (Lipinski definition) is 4. The highest BCUT2D eigenvalue weighted by atomic mass is 16.5. The summed E-state index contributed by atoms with van der Waals surface area (Å²) in [4.78, 5) is 2.45. The number of hydrogen-bond donors (Lipinski definition) is 1. The Kier molecular flexibility index (Phi) is 4.37. The lowest BCUT2D eigenvalue weighted by Gasteiger charge is -2.41. The zero-order valence-electron chi connectivity index (χ0n) is 11.5. The lowest BCUT2D eigenvalue weighted by atomic mass is 9.97. The molecule has 3 atom stereocenters. The van der Waals surface area contributed by atoms with E-state index in [9.17, 15) is 0 Å². The third-order valence-electron chi connectivity index (χ3n) is 3.72. The van der Waals surface area contributed by atoms with E-state index in [-0.39, 0.29) is 12.1 Å². The smallest absolute Gasteiger partial charge is 0.0620 e. The lowest BCUT2D eigenvalue weighted by Crippen LogP contribution is -2.50. The Labute approximate surface area is 109 Å². The first-order chi connectivity index (χ1) is 8.63. The minimum atomic E-state index is 0.134. The van der Waals surface area contributed by atoms with Crippen molar-refractivity contribution in [2.45, 2.75) is 38.4 Å². The van der Waals surface area contributed by atoms with Gasteiger partial charge in [0.2, 0.25) is 0 Å². The topological polar surface area (TPSA) is 56.3 Å². The first-order valence-electron chi connectivity index (χ1n) is 6.71. The van der Waals surface area contributed by atoms with Crippen LogP contribution in [-0.2, 0) is 11.8 Å². The summed E-state index contributed by atoms with van der Waals surface area (Å²) in [6, 6.07) is 0.777. The second-order valence-corrected chi connectivity index (χ2v) is 5.13. The van der Waals surface area contributed by atoms with Crippen molar-refractivity contribution in [3.8, 4) is 0 Å². The van der Waals surface area contributed by atoms with Gasteiger partial charge in [-0.3, -0.25) is 9.58 Å². The van der Waals surface area contributed by atoms with Crippen molar-refractivity contribution < 1.29 is 4.74 Å². The Balaban J connectivity index is 2.24. The summed E-state index contributed by atoms with van der Waals surface area (Å²) in [7, 11) is 1.95. The van der Waals surface area contributed by atoms with Crippen LogP contribution < -0.4 is 5.73 Å². The van der Waals surface area contributed by atoms with Crippen LogP contribution in [0.4, 0.5) is 0 Å². The Hall–Kier alpha value is -0.910. The molecule has 2 heterocycles. The Morgan fingerprint density at radius 1 is 1.61 bits per heavy atom. The molecular weight excluding hydrogens is 228 g/mol. The van der Waals surface area contributed by atoms with Crippen LogP contribution in [0.1, 0.15) is 31.9 Å². The lowest BCUT2D eigenvalue weighted by molar-refractivity contribution is -0.0282. The molecule has 2 rings (SSSR count). The molecule has 0 amide bonds. The van der Waals surface area contributed by atoms with E-state index in [1.807, 2.05) is 17.9 Å². The maximum absolute atomic E-state index is 6.33. The molecule has 0 aromatic carbocycles. The van der Waals surface area contributed by atoms with Crippen molar-refractivity contribution in [2.75, 3.05) is 19.8 Å². The molecule has 0 saturated carbocycles. The molecule has 3 unspecified atom stereocenters. The molecule has 0 bridgehead atoms. The van der Waals surface area contributed by atoms with E-state index in [0.717, 1.165) is 26.2 Å². The molecule has 1 fully saturated rings. The average molecular weight is 252 g/mol. The van der Waals surface area contributed by atoms with Crippen LogP contribution in [0.3, 0.4) is 0 Å². The van der Waals surface area contributed by atoms with Gasteiger partial charge in [-0.1, -0.05) is 6.92 Å². The summed E-state index contributed by atoms with van der Waals surface area (Å²) in [5.74, 6) is 0. The molecule has 1 aliphatic rings. The number of ether oxygens (including phenoxy) is 1. The number of rotatable bonds is 4. The van der Waals surface area contributed by atoms with Crippen LogP contribution in [0.2, 0.25) is 0 Å². The van der Waals surface area contributed by atoms with Crippen LogP contribution >= 0.6 is 0 Å². The highest BCUT2D eigenvalue weighted by Crippen LogP contribution is 2.28. The van der Waals surface area contributed by atoms with E-state index < -0.39 is 0 Å². The van der Waals surface area contributed by atoms with E-state index in [1.165, 1.54) is 5.56 Å². The van der Waals surface area contributed by atoms with Crippen LogP contribution in [-0.4, -0.2) is 46.5 Å². The van der Waals surface area contributed by atoms with Crippen molar-refractivity contribution in [3.05, 3.63) is 18.0 Å². The second kappa shape index (κ2) is 5.82. The van der Waals surface area contributed by atoms with Gasteiger partial charge in [0.25, 0.3) is 0 Å². The van der Waals surface area contributed by atoms with Crippen LogP contribution in [0.15, 0.2) is 12.4 Å². The zero-order chi connectivity index (χ0) is 13.1. The summed E-state index contributed by atoms with van der Waals surface area (Å²) in [6.45, 7) is 6.85. The van der Waals surface area contributed by atoms with Gasteiger partial charge in [-0.05, 0) is 13.3 Å². The third-order valence-corrected chi connectivity index (χ3v) is 3.72. The summed E-state index contributed by atoms with van der Waals surface area (Å²) in [6.07, 6.45) is 4.97. The summed E-state index contributed by atoms with van der Waals surface area (Å²) in [5, 5.41) is 4.28. The first kappa shape index (κ1) is 13.5.